The summed E-state index contributed by atoms with van der Waals surface area (Å²) in [7, 11) is 0. The van der Waals surface area contributed by atoms with Crippen molar-refractivity contribution in [3.8, 4) is 0 Å². The van der Waals surface area contributed by atoms with Crippen molar-refractivity contribution in [3.63, 3.8) is 0 Å². The van der Waals surface area contributed by atoms with E-state index in [1.807, 2.05) is 0 Å². The summed E-state index contributed by atoms with van der Waals surface area (Å²) in [5, 5.41) is 0. The van der Waals surface area contributed by atoms with Gasteiger partial charge in [0.1, 0.15) is 0 Å². The van der Waals surface area contributed by atoms with Crippen LogP contribution < -0.4 is 0 Å². The van der Waals surface area contributed by atoms with Crippen LogP contribution in [0.2, 0.25) is 0 Å². The predicted molar refractivity (Wildman–Crippen MR) is 109 cm³/mol. The Morgan fingerprint density at radius 1 is 0.760 bits per heavy atom. The second-order valence-corrected chi connectivity index (χ2v) is 9.90. The first kappa shape index (κ1) is 17.9. The number of hydrogen-bond donors (Lipinski definition) is 0. The lowest BCUT2D eigenvalue weighted by Crippen LogP contribution is -2.38. The molecule has 140 valence electrons. The fourth-order valence-electron chi connectivity index (χ4n) is 6.96. The molecule has 0 nitrogen and oxygen atoms in total. The molecule has 0 N–H and O–H groups in total. The summed E-state index contributed by atoms with van der Waals surface area (Å²) >= 11 is 0. The SMILES string of the molecule is C1=CC2(C3CCCCCCC4CCCC3C4)CCCCCCC(=C1)C2. The minimum Gasteiger partial charge on any atom is -0.0777 e. The Morgan fingerprint density at radius 3 is 2.52 bits per heavy atom. The lowest BCUT2D eigenvalue weighted by molar-refractivity contribution is 0.0715. The molecule has 0 aromatic carbocycles. The molecule has 0 heteroatoms. The van der Waals surface area contributed by atoms with E-state index in [4.69, 9.17) is 0 Å². The van der Waals surface area contributed by atoms with E-state index in [0.717, 1.165) is 17.8 Å². The Balaban J connectivity index is 1.60. The Bertz CT molecular complexity index is 484. The standard InChI is InChI=1S/C25H40/c1-2-7-16-24(23-15-9-13-21(19-23)11-5-1)25-17-8-4-3-6-12-22(20-25)14-10-18-25/h10,14,18,21,23-24H,1-9,11-13,15-17,19-20H2. The van der Waals surface area contributed by atoms with Gasteiger partial charge in [-0.25, -0.2) is 0 Å². The molecule has 0 aromatic heterocycles. The van der Waals surface area contributed by atoms with Crippen LogP contribution >= 0.6 is 0 Å². The van der Waals surface area contributed by atoms with Gasteiger partial charge in [-0.3, -0.25) is 0 Å². The van der Waals surface area contributed by atoms with Gasteiger partial charge in [-0.2, -0.15) is 0 Å². The quantitative estimate of drug-likeness (QED) is 0.453. The molecular formula is C25H40. The van der Waals surface area contributed by atoms with Crippen LogP contribution in [0.4, 0.5) is 0 Å². The van der Waals surface area contributed by atoms with Gasteiger partial charge in [0, 0.05) is 0 Å². The first-order chi connectivity index (χ1) is 12.4. The molecule has 0 aromatic rings. The third-order valence-corrected chi connectivity index (χ3v) is 8.21. The summed E-state index contributed by atoms with van der Waals surface area (Å²) < 4.78 is 0. The van der Waals surface area contributed by atoms with Gasteiger partial charge in [-0.1, -0.05) is 94.4 Å². The van der Waals surface area contributed by atoms with E-state index in [2.05, 4.69) is 18.2 Å². The fourth-order valence-corrected chi connectivity index (χ4v) is 6.96. The van der Waals surface area contributed by atoms with Crippen molar-refractivity contribution in [1.82, 2.24) is 0 Å². The normalized spacial score (nSPS) is 40.3. The average Bonchev–Trinajstić information content (AvgIpc) is 2.70. The van der Waals surface area contributed by atoms with E-state index in [0.29, 0.717) is 5.41 Å². The van der Waals surface area contributed by atoms with Crippen LogP contribution in [0.1, 0.15) is 109 Å². The minimum absolute atomic E-state index is 0.528. The van der Waals surface area contributed by atoms with Crippen LogP contribution in [0.15, 0.2) is 23.8 Å². The molecular weight excluding hydrogens is 300 g/mol. The van der Waals surface area contributed by atoms with E-state index >= 15 is 0 Å². The topological polar surface area (TPSA) is 0 Å². The van der Waals surface area contributed by atoms with Crippen molar-refractivity contribution >= 4 is 0 Å². The molecule has 3 saturated carbocycles. The lowest BCUT2D eigenvalue weighted by Gasteiger charge is -2.47. The van der Waals surface area contributed by atoms with E-state index in [9.17, 15) is 0 Å². The molecule has 0 heterocycles. The molecule has 4 bridgehead atoms. The van der Waals surface area contributed by atoms with Crippen molar-refractivity contribution in [2.24, 2.45) is 23.2 Å². The molecule has 0 radical (unpaired) electrons. The van der Waals surface area contributed by atoms with Crippen LogP contribution in [-0.2, 0) is 0 Å². The molecule has 3 fully saturated rings. The smallest absolute Gasteiger partial charge is 0.00470 e. The average molecular weight is 341 g/mol. The molecule has 4 unspecified atom stereocenters. The van der Waals surface area contributed by atoms with Crippen molar-refractivity contribution in [2.45, 2.75) is 109 Å². The number of hydrogen-bond acceptors (Lipinski definition) is 0. The van der Waals surface area contributed by atoms with E-state index in [1.54, 1.807) is 12.0 Å². The first-order valence-electron chi connectivity index (χ1n) is 11.7. The summed E-state index contributed by atoms with van der Waals surface area (Å²) in [6.45, 7) is 0. The van der Waals surface area contributed by atoms with E-state index in [-0.39, 0.29) is 0 Å². The molecule has 0 amide bonds. The monoisotopic (exact) mass is 340 g/mol. The Labute approximate surface area is 156 Å². The van der Waals surface area contributed by atoms with Gasteiger partial charge >= 0.3 is 0 Å². The van der Waals surface area contributed by atoms with Gasteiger partial charge in [0.05, 0.1) is 0 Å². The maximum absolute atomic E-state index is 2.71. The third-order valence-electron chi connectivity index (χ3n) is 8.21. The van der Waals surface area contributed by atoms with Gasteiger partial charge in [0.25, 0.3) is 0 Å². The molecule has 25 heavy (non-hydrogen) atoms. The zero-order valence-electron chi connectivity index (χ0n) is 16.5. The first-order valence-corrected chi connectivity index (χ1v) is 11.7. The van der Waals surface area contributed by atoms with Gasteiger partial charge in [-0.05, 0) is 61.7 Å². The summed E-state index contributed by atoms with van der Waals surface area (Å²) in [6, 6.07) is 0. The second-order valence-electron chi connectivity index (χ2n) is 9.90. The van der Waals surface area contributed by atoms with Crippen LogP contribution in [0.3, 0.4) is 0 Å². The van der Waals surface area contributed by atoms with Crippen molar-refractivity contribution in [1.29, 1.82) is 0 Å². The summed E-state index contributed by atoms with van der Waals surface area (Å²) in [5.74, 6) is 3.07. The highest BCUT2D eigenvalue weighted by molar-refractivity contribution is 5.25. The van der Waals surface area contributed by atoms with E-state index < -0.39 is 0 Å². The predicted octanol–water partition coefficient (Wildman–Crippen LogP) is 7.99. The zero-order chi connectivity index (χ0) is 17.0. The molecule has 4 aliphatic carbocycles. The summed E-state index contributed by atoms with van der Waals surface area (Å²) in [6.07, 6.45) is 33.0. The summed E-state index contributed by atoms with van der Waals surface area (Å²) in [5.41, 5.74) is 2.31. The number of rotatable bonds is 1. The van der Waals surface area contributed by atoms with Gasteiger partial charge in [-0.15, -0.1) is 0 Å². The van der Waals surface area contributed by atoms with Crippen molar-refractivity contribution in [3.05, 3.63) is 23.8 Å². The van der Waals surface area contributed by atoms with Crippen molar-refractivity contribution in [2.75, 3.05) is 0 Å². The highest BCUT2D eigenvalue weighted by atomic mass is 14.5. The molecule has 0 saturated heterocycles. The van der Waals surface area contributed by atoms with Gasteiger partial charge < -0.3 is 0 Å². The van der Waals surface area contributed by atoms with Crippen LogP contribution in [0, 0.1) is 23.2 Å². The van der Waals surface area contributed by atoms with Crippen molar-refractivity contribution < 1.29 is 0 Å². The lowest BCUT2D eigenvalue weighted by atomic mass is 9.57. The largest absolute Gasteiger partial charge is 0.0777 e. The Morgan fingerprint density at radius 2 is 1.56 bits per heavy atom. The molecule has 4 rings (SSSR count). The second kappa shape index (κ2) is 8.45. The number of allylic oxidation sites excluding steroid dienone is 4. The number of fused-ring (bicyclic) bond motifs is 4. The molecule has 4 atom stereocenters. The Kier molecular flexibility index (Phi) is 6.04. The molecule has 0 aliphatic heterocycles. The minimum atomic E-state index is 0.528. The van der Waals surface area contributed by atoms with Crippen LogP contribution in [0.25, 0.3) is 0 Å². The van der Waals surface area contributed by atoms with Crippen LogP contribution in [-0.4, -0.2) is 0 Å². The highest BCUT2D eigenvalue weighted by Crippen LogP contribution is 2.53. The van der Waals surface area contributed by atoms with E-state index in [1.165, 1.54) is 103 Å². The highest BCUT2D eigenvalue weighted by Gasteiger charge is 2.43. The zero-order valence-corrected chi connectivity index (χ0v) is 16.5. The molecule has 0 spiro atoms. The third kappa shape index (κ3) is 4.25. The summed E-state index contributed by atoms with van der Waals surface area (Å²) in [4.78, 5) is 0. The Hall–Kier alpha value is -0.520. The van der Waals surface area contributed by atoms with Gasteiger partial charge in [0.2, 0.25) is 0 Å². The molecule has 4 aliphatic rings. The van der Waals surface area contributed by atoms with Gasteiger partial charge in [0.15, 0.2) is 0 Å². The van der Waals surface area contributed by atoms with Crippen LogP contribution in [0.5, 0.6) is 0 Å². The maximum atomic E-state index is 2.71. The fraction of sp³-hybridized carbons (Fsp3) is 0.840. The maximum Gasteiger partial charge on any atom is -0.00470 e.